The number of ether oxygens (including phenoxy) is 1. The van der Waals surface area contributed by atoms with E-state index in [9.17, 15) is 0 Å². The fourth-order valence-corrected chi connectivity index (χ4v) is 4.27. The summed E-state index contributed by atoms with van der Waals surface area (Å²) in [6.45, 7) is 9.55. The van der Waals surface area contributed by atoms with Crippen molar-refractivity contribution in [3.8, 4) is 5.75 Å². The van der Waals surface area contributed by atoms with E-state index in [1.54, 1.807) is 0 Å². The molecule has 1 atom stereocenters. The van der Waals surface area contributed by atoms with Crippen molar-refractivity contribution in [3.63, 3.8) is 0 Å². The Labute approximate surface area is 181 Å². The van der Waals surface area contributed by atoms with Crippen molar-refractivity contribution < 1.29 is 4.74 Å². The summed E-state index contributed by atoms with van der Waals surface area (Å²) in [5.74, 6) is 1.88. The van der Waals surface area contributed by atoms with Gasteiger partial charge in [0.1, 0.15) is 12.4 Å². The minimum Gasteiger partial charge on any atom is -0.488 e. The van der Waals surface area contributed by atoms with Gasteiger partial charge in [-0.05, 0) is 54.9 Å². The molecule has 0 spiro atoms. The van der Waals surface area contributed by atoms with Crippen LogP contribution in [0.4, 0.5) is 0 Å². The molecule has 0 aromatic heterocycles. The molecule has 0 unspecified atom stereocenters. The first-order valence-corrected chi connectivity index (χ1v) is 9.95. The number of hydrogen-bond donors (Lipinski definition) is 1. The van der Waals surface area contributed by atoms with Gasteiger partial charge in [0.15, 0.2) is 0 Å². The lowest BCUT2D eigenvalue weighted by Gasteiger charge is -2.36. The molecule has 1 aliphatic heterocycles. The molecule has 1 saturated heterocycles. The highest BCUT2D eigenvalue weighted by molar-refractivity contribution is 5.85. The molecule has 0 radical (unpaired) electrons. The Hall–Kier alpha value is -1.26. The second kappa shape index (κ2) is 10.5. The standard InChI is InChI=1S/C23H30N2O.2ClH/c1-17-14-21(22(20-8-9-20)25-12-10-24-11-13-25)15-18(2)23(17)26-16-19-6-4-3-5-7-19;;/h3-7,14-15,20,22,24H,8-13,16H2,1-2H3;2*1H/t22-;;/m0../s1. The average Bonchev–Trinajstić information content (AvgIpc) is 3.48. The maximum Gasteiger partial charge on any atom is 0.125 e. The molecule has 2 fully saturated rings. The third-order valence-electron chi connectivity index (χ3n) is 5.66. The van der Waals surface area contributed by atoms with Crippen LogP contribution in [-0.4, -0.2) is 31.1 Å². The third kappa shape index (κ3) is 5.42. The maximum atomic E-state index is 6.19. The molecule has 1 heterocycles. The van der Waals surface area contributed by atoms with E-state index in [4.69, 9.17) is 4.74 Å². The number of rotatable bonds is 6. The average molecular weight is 423 g/mol. The van der Waals surface area contributed by atoms with Crippen LogP contribution in [0.25, 0.3) is 0 Å². The third-order valence-corrected chi connectivity index (χ3v) is 5.66. The van der Waals surface area contributed by atoms with Crippen molar-refractivity contribution in [2.24, 2.45) is 5.92 Å². The number of benzene rings is 2. The fourth-order valence-electron chi connectivity index (χ4n) is 4.27. The molecule has 2 aromatic carbocycles. The van der Waals surface area contributed by atoms with E-state index < -0.39 is 0 Å². The summed E-state index contributed by atoms with van der Waals surface area (Å²) < 4.78 is 6.19. The van der Waals surface area contributed by atoms with Crippen molar-refractivity contribution in [1.29, 1.82) is 0 Å². The van der Waals surface area contributed by atoms with Gasteiger partial charge in [0.05, 0.1) is 0 Å². The summed E-state index contributed by atoms with van der Waals surface area (Å²) >= 11 is 0. The largest absolute Gasteiger partial charge is 0.488 e. The van der Waals surface area contributed by atoms with Gasteiger partial charge in [-0.1, -0.05) is 42.5 Å². The van der Waals surface area contributed by atoms with Gasteiger partial charge in [-0.25, -0.2) is 0 Å². The Kier molecular flexibility index (Phi) is 8.63. The predicted octanol–water partition coefficient (Wildman–Crippen LogP) is 5.08. The van der Waals surface area contributed by atoms with E-state index in [1.807, 2.05) is 6.07 Å². The van der Waals surface area contributed by atoms with Crippen molar-refractivity contribution in [1.82, 2.24) is 10.2 Å². The maximum absolute atomic E-state index is 6.19. The highest BCUT2D eigenvalue weighted by Gasteiger charge is 2.37. The molecule has 28 heavy (non-hydrogen) atoms. The lowest BCUT2D eigenvalue weighted by Crippen LogP contribution is -2.45. The van der Waals surface area contributed by atoms with Crippen LogP contribution in [0.3, 0.4) is 0 Å². The minimum atomic E-state index is 0. The van der Waals surface area contributed by atoms with Crippen LogP contribution >= 0.6 is 24.8 Å². The molecule has 154 valence electrons. The van der Waals surface area contributed by atoms with Gasteiger partial charge in [-0.15, -0.1) is 24.8 Å². The lowest BCUT2D eigenvalue weighted by atomic mass is 9.95. The van der Waals surface area contributed by atoms with Gasteiger partial charge >= 0.3 is 0 Å². The van der Waals surface area contributed by atoms with Crippen molar-refractivity contribution >= 4 is 24.8 Å². The Morgan fingerprint density at radius 2 is 1.61 bits per heavy atom. The van der Waals surface area contributed by atoms with Crippen LogP contribution in [0.1, 0.15) is 41.1 Å². The number of hydrogen-bond acceptors (Lipinski definition) is 3. The van der Waals surface area contributed by atoms with Crippen molar-refractivity contribution in [3.05, 3.63) is 64.7 Å². The van der Waals surface area contributed by atoms with Crippen LogP contribution in [-0.2, 0) is 6.61 Å². The minimum absolute atomic E-state index is 0. The van der Waals surface area contributed by atoms with E-state index in [-0.39, 0.29) is 24.8 Å². The van der Waals surface area contributed by atoms with Crippen LogP contribution in [0.5, 0.6) is 5.75 Å². The summed E-state index contributed by atoms with van der Waals surface area (Å²) in [5, 5.41) is 3.48. The quantitative estimate of drug-likeness (QED) is 0.701. The molecule has 1 N–H and O–H groups in total. The van der Waals surface area contributed by atoms with Crippen LogP contribution in [0.2, 0.25) is 0 Å². The molecule has 5 heteroatoms. The van der Waals surface area contributed by atoms with Crippen LogP contribution in [0, 0.1) is 19.8 Å². The number of nitrogens with one attached hydrogen (secondary N) is 1. The first-order chi connectivity index (χ1) is 12.7. The zero-order chi connectivity index (χ0) is 17.9. The van der Waals surface area contributed by atoms with Crippen molar-refractivity contribution in [2.45, 2.75) is 39.3 Å². The molecular weight excluding hydrogens is 391 g/mol. The fraction of sp³-hybridized carbons (Fsp3) is 0.478. The summed E-state index contributed by atoms with van der Waals surface area (Å²) in [6, 6.07) is 15.7. The second-order valence-electron chi connectivity index (χ2n) is 7.83. The lowest BCUT2D eigenvalue weighted by molar-refractivity contribution is 0.156. The molecule has 4 rings (SSSR count). The number of aryl methyl sites for hydroxylation is 2. The zero-order valence-corrected chi connectivity index (χ0v) is 18.5. The Morgan fingerprint density at radius 1 is 1.00 bits per heavy atom. The van der Waals surface area contributed by atoms with E-state index in [0.717, 1.165) is 37.8 Å². The zero-order valence-electron chi connectivity index (χ0n) is 16.8. The highest BCUT2D eigenvalue weighted by atomic mass is 35.5. The van der Waals surface area contributed by atoms with Gasteiger partial charge in [0.2, 0.25) is 0 Å². The summed E-state index contributed by atoms with van der Waals surface area (Å²) in [7, 11) is 0. The van der Waals surface area contributed by atoms with Crippen molar-refractivity contribution in [2.75, 3.05) is 26.2 Å². The topological polar surface area (TPSA) is 24.5 Å². The predicted molar refractivity (Wildman–Crippen MR) is 121 cm³/mol. The second-order valence-corrected chi connectivity index (χ2v) is 7.83. The molecular formula is C23H32Cl2N2O. The van der Waals surface area contributed by atoms with Gasteiger partial charge in [0, 0.05) is 32.2 Å². The van der Waals surface area contributed by atoms with Crippen LogP contribution in [0.15, 0.2) is 42.5 Å². The van der Waals surface area contributed by atoms with E-state index in [1.165, 1.54) is 35.1 Å². The molecule has 0 bridgehead atoms. The summed E-state index contributed by atoms with van der Waals surface area (Å²) in [6.07, 6.45) is 2.75. The van der Waals surface area contributed by atoms with Gasteiger partial charge in [-0.2, -0.15) is 0 Å². The van der Waals surface area contributed by atoms with Gasteiger partial charge < -0.3 is 10.1 Å². The Morgan fingerprint density at radius 3 is 2.18 bits per heavy atom. The molecule has 1 saturated carbocycles. The molecule has 0 amide bonds. The summed E-state index contributed by atoms with van der Waals surface area (Å²) in [4.78, 5) is 2.69. The van der Waals surface area contributed by atoms with Gasteiger partial charge in [-0.3, -0.25) is 4.90 Å². The number of piperazine rings is 1. The first kappa shape index (κ1) is 23.0. The van der Waals surface area contributed by atoms with E-state index in [0.29, 0.717) is 12.6 Å². The van der Waals surface area contributed by atoms with Gasteiger partial charge in [0.25, 0.3) is 0 Å². The Balaban J connectivity index is 0.00000140. The molecule has 3 nitrogen and oxygen atoms in total. The normalized spacial score (nSPS) is 17.9. The smallest absolute Gasteiger partial charge is 0.125 e. The molecule has 2 aliphatic rings. The SMILES string of the molecule is Cc1cc([C@H](C2CC2)N2CCNCC2)cc(C)c1OCc1ccccc1.Cl.Cl. The van der Waals surface area contributed by atoms with E-state index >= 15 is 0 Å². The first-order valence-electron chi connectivity index (χ1n) is 9.95. The van der Waals surface area contributed by atoms with E-state index in [2.05, 4.69) is 60.5 Å². The highest BCUT2D eigenvalue weighted by Crippen LogP contribution is 2.45. The molecule has 2 aromatic rings. The molecule has 1 aliphatic carbocycles. The Bertz CT molecular complexity index is 721. The summed E-state index contributed by atoms with van der Waals surface area (Å²) in [5.41, 5.74) is 5.22. The number of nitrogens with zero attached hydrogens (tertiary/aromatic N) is 1. The van der Waals surface area contributed by atoms with Crippen LogP contribution < -0.4 is 10.1 Å². The monoisotopic (exact) mass is 422 g/mol. The number of halogens is 2.